The third-order valence-corrected chi connectivity index (χ3v) is 4.21. The van der Waals surface area contributed by atoms with Gasteiger partial charge in [0.2, 0.25) is 0 Å². The van der Waals surface area contributed by atoms with Crippen LogP contribution in [0.5, 0.6) is 0 Å². The van der Waals surface area contributed by atoms with E-state index in [1.54, 1.807) is 12.1 Å². The van der Waals surface area contributed by atoms with Crippen molar-refractivity contribution in [1.82, 2.24) is 9.78 Å². The fourth-order valence-corrected chi connectivity index (χ4v) is 2.52. The molecule has 3 nitrogen and oxygen atoms in total. The van der Waals surface area contributed by atoms with Gasteiger partial charge in [-0.15, -0.1) is 0 Å². The molecule has 0 bridgehead atoms. The lowest BCUT2D eigenvalue weighted by atomic mass is 10.0. The number of alkyl halides is 2. The van der Waals surface area contributed by atoms with E-state index in [2.05, 4.69) is 12.0 Å². The van der Waals surface area contributed by atoms with Gasteiger partial charge in [0, 0.05) is 17.5 Å². The summed E-state index contributed by atoms with van der Waals surface area (Å²) in [6.07, 6.45) is 0.952. The summed E-state index contributed by atoms with van der Waals surface area (Å²) in [6, 6.07) is 8.49. The van der Waals surface area contributed by atoms with Crippen LogP contribution in [0, 0.1) is 6.92 Å². The highest BCUT2D eigenvalue weighted by atomic mass is 19.3. The molecule has 2 rings (SSSR count). The molecule has 0 aliphatic rings. The topological polar surface area (TPSA) is 27.1 Å². The highest BCUT2D eigenvalue weighted by Gasteiger charge is 2.29. The third kappa shape index (κ3) is 4.41. The molecule has 1 unspecified atom stereocenters. The molecule has 0 saturated carbocycles. The average molecular weight is 336 g/mol. The lowest BCUT2D eigenvalue weighted by molar-refractivity contribution is -0.00825. The van der Waals surface area contributed by atoms with Crippen LogP contribution in [0.4, 0.5) is 8.78 Å². The van der Waals surface area contributed by atoms with Crippen LogP contribution >= 0.6 is 0 Å². The Morgan fingerprint density at radius 2 is 2.00 bits per heavy atom. The second kappa shape index (κ2) is 7.88. The molecular weight excluding hydrogens is 310 g/mol. The van der Waals surface area contributed by atoms with E-state index in [0.29, 0.717) is 13.2 Å². The number of aryl methyl sites for hydroxylation is 1. The van der Waals surface area contributed by atoms with Crippen LogP contribution in [0.15, 0.2) is 30.3 Å². The van der Waals surface area contributed by atoms with Crippen LogP contribution in [0.3, 0.4) is 0 Å². The van der Waals surface area contributed by atoms with Gasteiger partial charge >= 0.3 is 0 Å². The molecule has 1 aromatic carbocycles. The summed E-state index contributed by atoms with van der Waals surface area (Å²) in [5.41, 5.74) is 2.50. The minimum absolute atomic E-state index is 0.0451. The van der Waals surface area contributed by atoms with Gasteiger partial charge in [-0.2, -0.15) is 5.10 Å². The second-order valence-electron chi connectivity index (χ2n) is 6.12. The number of benzene rings is 1. The molecule has 132 valence electrons. The molecule has 0 fully saturated rings. The Bertz CT molecular complexity index is 667. The number of hydrogen-bond donors (Lipinski definition) is 0. The number of nitrogens with zero attached hydrogens (tertiary/aromatic N) is 2. The Labute approximate surface area is 142 Å². The van der Waals surface area contributed by atoms with E-state index < -0.39 is 5.92 Å². The quantitative estimate of drug-likeness (QED) is 0.664. The van der Waals surface area contributed by atoms with E-state index in [4.69, 9.17) is 4.74 Å². The number of rotatable bonds is 8. The first-order valence-electron chi connectivity index (χ1n) is 8.52. The number of ether oxygens (including phenoxy) is 1. The number of hydrogen-bond acceptors (Lipinski definition) is 2. The van der Waals surface area contributed by atoms with Gasteiger partial charge in [-0.1, -0.05) is 32.0 Å². The maximum atomic E-state index is 14.0. The van der Waals surface area contributed by atoms with Gasteiger partial charge in [0.25, 0.3) is 5.92 Å². The molecule has 0 amide bonds. The van der Waals surface area contributed by atoms with Gasteiger partial charge < -0.3 is 4.74 Å². The summed E-state index contributed by atoms with van der Waals surface area (Å²) in [7, 11) is 0. The molecule has 5 heteroatoms. The largest absolute Gasteiger partial charge is 0.377 e. The summed E-state index contributed by atoms with van der Waals surface area (Å²) in [4.78, 5) is 0. The van der Waals surface area contributed by atoms with Crippen molar-refractivity contribution in [2.45, 2.75) is 59.1 Å². The maximum Gasteiger partial charge on any atom is 0.273 e. The van der Waals surface area contributed by atoms with Crippen LogP contribution in [0.2, 0.25) is 0 Å². The summed E-state index contributed by atoms with van der Waals surface area (Å²) < 4.78 is 35.5. The molecule has 1 heterocycles. The molecule has 0 spiro atoms. The second-order valence-corrected chi connectivity index (χ2v) is 6.12. The van der Waals surface area contributed by atoms with Crippen LogP contribution in [0.1, 0.15) is 44.9 Å². The number of aromatic nitrogens is 2. The van der Waals surface area contributed by atoms with Crippen molar-refractivity contribution in [3.63, 3.8) is 0 Å². The zero-order valence-electron chi connectivity index (χ0n) is 14.9. The predicted octanol–water partition coefficient (Wildman–Crippen LogP) is 5.18. The lowest BCUT2D eigenvalue weighted by Crippen LogP contribution is -2.14. The van der Waals surface area contributed by atoms with Crippen LogP contribution in [-0.2, 0) is 17.2 Å². The summed E-state index contributed by atoms with van der Waals surface area (Å²) >= 11 is 0. The van der Waals surface area contributed by atoms with E-state index >= 15 is 0 Å². The maximum absolute atomic E-state index is 14.0. The Kier molecular flexibility index (Phi) is 6.10. The van der Waals surface area contributed by atoms with E-state index in [1.807, 2.05) is 30.7 Å². The van der Waals surface area contributed by atoms with E-state index in [9.17, 15) is 8.78 Å². The van der Waals surface area contributed by atoms with Crippen molar-refractivity contribution in [1.29, 1.82) is 0 Å². The lowest BCUT2D eigenvalue weighted by Gasteiger charge is -2.16. The minimum atomic E-state index is -2.81. The Morgan fingerprint density at radius 3 is 2.67 bits per heavy atom. The first-order valence-corrected chi connectivity index (χ1v) is 8.52. The van der Waals surface area contributed by atoms with Crippen molar-refractivity contribution in [2.24, 2.45) is 0 Å². The molecule has 0 aliphatic heterocycles. The predicted molar refractivity (Wildman–Crippen MR) is 92.3 cm³/mol. The van der Waals surface area contributed by atoms with Crippen molar-refractivity contribution in [3.05, 3.63) is 41.6 Å². The fourth-order valence-electron chi connectivity index (χ4n) is 2.52. The molecular formula is C19H26F2N2O. The van der Waals surface area contributed by atoms with Gasteiger partial charge in [0.15, 0.2) is 0 Å². The standard InChI is InChI=1S/C19H26F2N2O/c1-5-15(4)24-11-10-23-18(12-14(3)22-23)16-8-7-9-17(13-16)19(20,21)6-2/h7-9,12-13,15H,5-6,10-11H2,1-4H3. The van der Waals surface area contributed by atoms with Crippen molar-refractivity contribution >= 4 is 0 Å². The first kappa shape index (κ1) is 18.6. The van der Waals surface area contributed by atoms with Gasteiger partial charge in [-0.05, 0) is 32.4 Å². The fraction of sp³-hybridized carbons (Fsp3) is 0.526. The zero-order valence-corrected chi connectivity index (χ0v) is 14.9. The van der Waals surface area contributed by atoms with Gasteiger partial charge in [0.05, 0.1) is 30.6 Å². The van der Waals surface area contributed by atoms with E-state index in [0.717, 1.165) is 23.4 Å². The van der Waals surface area contributed by atoms with Gasteiger partial charge in [0.1, 0.15) is 0 Å². The normalized spacial score (nSPS) is 13.2. The SMILES string of the molecule is CCC(C)OCCn1nc(C)cc1-c1cccc(C(F)(F)CC)c1. The molecule has 0 radical (unpaired) electrons. The molecule has 24 heavy (non-hydrogen) atoms. The number of halogens is 2. The summed E-state index contributed by atoms with van der Waals surface area (Å²) in [5.74, 6) is -2.81. The van der Waals surface area contributed by atoms with Crippen LogP contribution in [-0.4, -0.2) is 22.5 Å². The molecule has 0 N–H and O–H groups in total. The molecule has 1 atom stereocenters. The van der Waals surface area contributed by atoms with Crippen LogP contribution in [0.25, 0.3) is 11.3 Å². The average Bonchev–Trinajstić information content (AvgIpc) is 2.95. The van der Waals surface area contributed by atoms with E-state index in [1.165, 1.54) is 13.0 Å². The highest BCUT2D eigenvalue weighted by molar-refractivity contribution is 5.61. The van der Waals surface area contributed by atoms with Gasteiger partial charge in [-0.25, -0.2) is 8.78 Å². The van der Waals surface area contributed by atoms with Crippen molar-refractivity contribution in [3.8, 4) is 11.3 Å². The molecule has 2 aromatic rings. The first-order chi connectivity index (χ1) is 11.4. The Morgan fingerprint density at radius 1 is 1.25 bits per heavy atom. The smallest absolute Gasteiger partial charge is 0.273 e. The highest BCUT2D eigenvalue weighted by Crippen LogP contribution is 2.33. The zero-order chi connectivity index (χ0) is 17.7. The van der Waals surface area contributed by atoms with Crippen molar-refractivity contribution in [2.75, 3.05) is 6.61 Å². The molecule has 1 aromatic heterocycles. The monoisotopic (exact) mass is 336 g/mol. The van der Waals surface area contributed by atoms with E-state index in [-0.39, 0.29) is 18.1 Å². The third-order valence-electron chi connectivity index (χ3n) is 4.21. The van der Waals surface area contributed by atoms with Crippen molar-refractivity contribution < 1.29 is 13.5 Å². The summed E-state index contributed by atoms with van der Waals surface area (Å²) in [6.45, 7) is 8.66. The Hall–Kier alpha value is -1.75. The minimum Gasteiger partial charge on any atom is -0.377 e. The Balaban J connectivity index is 2.24. The molecule has 0 aliphatic carbocycles. The van der Waals surface area contributed by atoms with Gasteiger partial charge in [-0.3, -0.25) is 4.68 Å². The van der Waals surface area contributed by atoms with Crippen LogP contribution < -0.4 is 0 Å². The summed E-state index contributed by atoms with van der Waals surface area (Å²) in [5, 5.41) is 4.47. The molecule has 0 saturated heterocycles.